The maximum Gasteiger partial charge on any atom is 2.00 e. The van der Waals surface area contributed by atoms with Crippen molar-refractivity contribution in [2.75, 3.05) is 0 Å². The average molecular weight is 388 g/mol. The van der Waals surface area contributed by atoms with Gasteiger partial charge >= 0.3 is 57.4 Å². The van der Waals surface area contributed by atoms with Crippen LogP contribution in [0.5, 0.6) is 0 Å². The first-order valence-electron chi connectivity index (χ1n) is 4.44. The zero-order valence-corrected chi connectivity index (χ0v) is 14.5. The number of hydrogen-bond acceptors (Lipinski definition) is 8. The van der Waals surface area contributed by atoms with E-state index in [1.165, 1.54) is 0 Å². The number of aliphatic carboxylic acids is 4. The van der Waals surface area contributed by atoms with Gasteiger partial charge in [0.2, 0.25) is 0 Å². The third kappa shape index (κ3) is 19.9. The van der Waals surface area contributed by atoms with Crippen LogP contribution < -0.4 is 21.7 Å². The van der Waals surface area contributed by atoms with E-state index < -0.39 is 48.8 Å². The Morgan fingerprint density at radius 2 is 1.05 bits per heavy atom. The summed E-state index contributed by atoms with van der Waals surface area (Å²) in [6.07, 6.45) is -1.19. The number of hydrogen-bond donors (Lipinski definition) is 4. The van der Waals surface area contributed by atoms with Gasteiger partial charge in [-0.2, -0.15) is 0 Å². The standard InChI is InChI=1S/2C4H7NO4.ClH.Sr/c2*5-2(4(8)9)1-3(6)7;;/h2*2H,1,5H2,(H,6,7)(H,8,9);1H;/q;;;+2/p-2/t2*2-;;/m00../s1. The van der Waals surface area contributed by atoms with E-state index in [4.69, 9.17) is 21.7 Å². The summed E-state index contributed by atoms with van der Waals surface area (Å²) in [5.74, 6) is -5.58. The molecule has 0 radical (unpaired) electrons. The molecule has 0 spiro atoms. The minimum atomic E-state index is -1.54. The molecular formula is C8H13ClN2O8Sr. The monoisotopic (exact) mass is 388 g/mol. The van der Waals surface area contributed by atoms with Crippen LogP contribution in [0.2, 0.25) is 0 Å². The Morgan fingerprint density at radius 1 is 0.850 bits per heavy atom. The fraction of sp³-hybridized carbons (Fsp3) is 0.500. The Balaban J connectivity index is -0.000000116. The van der Waals surface area contributed by atoms with E-state index in [9.17, 15) is 29.4 Å². The van der Waals surface area contributed by atoms with Crippen molar-refractivity contribution in [1.82, 2.24) is 0 Å². The predicted molar refractivity (Wildman–Crippen MR) is 63.5 cm³/mol. The predicted octanol–water partition coefficient (Wildman–Crippen LogP) is -4.88. The number of carboxylic acid groups (broad SMARTS) is 4. The smallest absolute Gasteiger partial charge is 0.548 e. The van der Waals surface area contributed by atoms with Crippen LogP contribution in [0.4, 0.5) is 0 Å². The van der Waals surface area contributed by atoms with Crippen molar-refractivity contribution in [2.24, 2.45) is 11.5 Å². The molecule has 0 amide bonds. The van der Waals surface area contributed by atoms with Crippen molar-refractivity contribution >= 4 is 81.8 Å². The third-order valence-electron chi connectivity index (χ3n) is 1.39. The molecule has 0 aromatic heterocycles. The van der Waals surface area contributed by atoms with Gasteiger partial charge in [0.1, 0.15) is 0 Å². The van der Waals surface area contributed by atoms with Crippen molar-refractivity contribution in [3.8, 4) is 0 Å². The summed E-state index contributed by atoms with van der Waals surface area (Å²) < 4.78 is 0. The van der Waals surface area contributed by atoms with Gasteiger partial charge in [0.25, 0.3) is 0 Å². The van der Waals surface area contributed by atoms with Gasteiger partial charge in [0, 0.05) is 0 Å². The molecule has 6 N–H and O–H groups in total. The molecule has 0 unspecified atom stereocenters. The molecule has 0 fully saturated rings. The number of carboxylic acids is 4. The van der Waals surface area contributed by atoms with E-state index in [2.05, 4.69) is 0 Å². The SMILES string of the molecule is Cl.N[C@@H](CC(=O)O)C(=O)[O-].N[C@@H](CC(=O)O)C(=O)[O-].[Sr+2]. The zero-order valence-electron chi connectivity index (χ0n) is 10.2. The Kier molecular flexibility index (Phi) is 20.8. The normalized spacial score (nSPS) is 11.3. The minimum absolute atomic E-state index is 0. The topological polar surface area (TPSA) is 207 Å². The zero-order chi connectivity index (χ0) is 14.9. The second-order valence-corrected chi connectivity index (χ2v) is 3.05. The summed E-state index contributed by atoms with van der Waals surface area (Å²) in [5, 5.41) is 35.4. The van der Waals surface area contributed by atoms with Crippen molar-refractivity contribution in [2.45, 2.75) is 24.9 Å². The number of nitrogens with two attached hydrogens (primary N) is 2. The summed E-state index contributed by atoms with van der Waals surface area (Å²) in [4.78, 5) is 39.0. The van der Waals surface area contributed by atoms with Crippen LogP contribution in [-0.4, -0.2) is 91.7 Å². The van der Waals surface area contributed by atoms with Crippen molar-refractivity contribution in [3.05, 3.63) is 0 Å². The molecule has 0 aliphatic carbocycles. The largest absolute Gasteiger partial charge is 2.00 e. The van der Waals surface area contributed by atoms with Gasteiger partial charge in [-0.3, -0.25) is 9.59 Å². The van der Waals surface area contributed by atoms with Crippen molar-refractivity contribution in [3.63, 3.8) is 0 Å². The van der Waals surface area contributed by atoms with Crippen LogP contribution in [0.1, 0.15) is 12.8 Å². The van der Waals surface area contributed by atoms with Gasteiger partial charge in [0.15, 0.2) is 0 Å². The molecule has 0 aromatic carbocycles. The molecule has 2 atom stereocenters. The van der Waals surface area contributed by atoms with Gasteiger partial charge in [0.05, 0.1) is 36.9 Å². The van der Waals surface area contributed by atoms with Crippen LogP contribution in [0.25, 0.3) is 0 Å². The van der Waals surface area contributed by atoms with E-state index in [0.29, 0.717) is 0 Å². The molecule has 20 heavy (non-hydrogen) atoms. The maximum atomic E-state index is 9.74. The van der Waals surface area contributed by atoms with Crippen LogP contribution in [-0.2, 0) is 19.2 Å². The maximum absolute atomic E-state index is 9.74. The molecule has 0 bridgehead atoms. The van der Waals surface area contributed by atoms with Crippen molar-refractivity contribution < 1.29 is 39.6 Å². The number of halogens is 1. The molecular weight excluding hydrogens is 375 g/mol. The molecule has 0 heterocycles. The molecule has 0 saturated heterocycles. The molecule has 0 aromatic rings. The second kappa shape index (κ2) is 15.0. The van der Waals surface area contributed by atoms with Crippen LogP contribution >= 0.6 is 12.4 Å². The van der Waals surface area contributed by atoms with Crippen LogP contribution in [0, 0.1) is 0 Å². The van der Waals surface area contributed by atoms with Gasteiger partial charge in [-0.15, -0.1) is 12.4 Å². The molecule has 12 heteroatoms. The Morgan fingerprint density at radius 3 is 1.10 bits per heavy atom. The molecule has 0 aliphatic rings. The van der Waals surface area contributed by atoms with Gasteiger partial charge in [-0.25, -0.2) is 0 Å². The van der Waals surface area contributed by atoms with E-state index in [1.54, 1.807) is 0 Å². The fourth-order valence-electron chi connectivity index (χ4n) is 0.543. The molecule has 0 aliphatic heterocycles. The summed E-state index contributed by atoms with van der Waals surface area (Å²) in [5.41, 5.74) is 9.55. The fourth-order valence-corrected chi connectivity index (χ4v) is 0.543. The van der Waals surface area contributed by atoms with Crippen LogP contribution in [0.15, 0.2) is 0 Å². The number of carbonyl (C=O) groups excluding carboxylic acids is 2. The van der Waals surface area contributed by atoms with Crippen molar-refractivity contribution in [1.29, 1.82) is 0 Å². The number of rotatable bonds is 6. The first-order chi connectivity index (χ1) is 8.07. The Bertz CT molecular complexity index is 308. The van der Waals surface area contributed by atoms with Gasteiger partial charge in [-0.1, -0.05) is 0 Å². The van der Waals surface area contributed by atoms with Gasteiger partial charge < -0.3 is 41.5 Å². The third-order valence-corrected chi connectivity index (χ3v) is 1.39. The molecule has 0 rings (SSSR count). The summed E-state index contributed by atoms with van der Waals surface area (Å²) in [6, 6.07) is -2.80. The molecule has 10 nitrogen and oxygen atoms in total. The Labute approximate surface area is 156 Å². The second-order valence-electron chi connectivity index (χ2n) is 3.05. The summed E-state index contributed by atoms with van der Waals surface area (Å²) >= 11 is 0. The van der Waals surface area contributed by atoms with E-state index in [0.717, 1.165) is 0 Å². The molecule has 112 valence electrons. The molecule has 0 saturated carbocycles. The quantitative estimate of drug-likeness (QED) is 0.319. The average Bonchev–Trinajstić information content (AvgIpc) is 2.16. The summed E-state index contributed by atoms with van der Waals surface area (Å²) in [7, 11) is 0. The van der Waals surface area contributed by atoms with Crippen LogP contribution in [0.3, 0.4) is 0 Å². The Hall–Kier alpha value is -0.429. The number of carbonyl (C=O) groups is 4. The van der Waals surface area contributed by atoms with E-state index in [-0.39, 0.29) is 57.9 Å². The first-order valence-corrected chi connectivity index (χ1v) is 4.44. The van der Waals surface area contributed by atoms with E-state index in [1.807, 2.05) is 0 Å². The van der Waals surface area contributed by atoms with E-state index >= 15 is 0 Å². The van der Waals surface area contributed by atoms with Gasteiger partial charge in [-0.05, 0) is 0 Å². The minimum Gasteiger partial charge on any atom is -0.548 e. The summed E-state index contributed by atoms with van der Waals surface area (Å²) in [6.45, 7) is 0. The first kappa shape index (κ1) is 27.8.